The van der Waals surface area contributed by atoms with Crippen LogP contribution in [0.15, 0.2) is 24.3 Å². The van der Waals surface area contributed by atoms with Gasteiger partial charge in [-0.3, -0.25) is 0 Å². The molecule has 0 amide bonds. The summed E-state index contributed by atoms with van der Waals surface area (Å²) in [7, 11) is 0. The predicted molar refractivity (Wildman–Crippen MR) is 71.7 cm³/mol. The minimum absolute atomic E-state index is 0.161. The summed E-state index contributed by atoms with van der Waals surface area (Å²) >= 11 is 0. The molecule has 2 aromatic rings. The van der Waals surface area contributed by atoms with Gasteiger partial charge in [-0.15, -0.1) is 0 Å². The van der Waals surface area contributed by atoms with Gasteiger partial charge < -0.3 is 15.0 Å². The molecule has 2 N–H and O–H groups in total. The number of hydrogen-bond acceptors (Lipinski definition) is 3. The topological polar surface area (TPSA) is 50.1 Å². The zero-order valence-corrected chi connectivity index (χ0v) is 10.5. The quantitative estimate of drug-likeness (QED) is 0.861. The maximum Gasteiger partial charge on any atom is 0.112 e. The van der Waals surface area contributed by atoms with Gasteiger partial charge in [0.15, 0.2) is 0 Å². The van der Waals surface area contributed by atoms with Gasteiger partial charge in [-0.05, 0) is 38.1 Å². The summed E-state index contributed by atoms with van der Waals surface area (Å²) in [5.74, 6) is 1.02. The monoisotopic (exact) mass is 245 g/mol. The lowest BCUT2D eigenvalue weighted by Gasteiger charge is -2.26. The molecule has 0 bridgehead atoms. The van der Waals surface area contributed by atoms with Crippen LogP contribution in [0.2, 0.25) is 0 Å². The van der Waals surface area contributed by atoms with Crippen molar-refractivity contribution in [3.8, 4) is 0 Å². The number of hydrogen-bond donors (Lipinski definition) is 2. The Hall–Kier alpha value is -1.39. The van der Waals surface area contributed by atoms with Gasteiger partial charge in [-0.25, -0.2) is 4.98 Å². The van der Waals surface area contributed by atoms with E-state index in [9.17, 15) is 5.11 Å². The van der Waals surface area contributed by atoms with E-state index in [0.717, 1.165) is 37.3 Å². The van der Waals surface area contributed by atoms with Crippen molar-refractivity contribution in [3.05, 3.63) is 30.1 Å². The highest BCUT2D eigenvalue weighted by Gasteiger charge is 2.20. The summed E-state index contributed by atoms with van der Waals surface area (Å²) < 4.78 is 2.34. The van der Waals surface area contributed by atoms with E-state index in [1.807, 2.05) is 12.1 Å². The molecule has 3 rings (SSSR count). The minimum Gasteiger partial charge on any atom is -0.396 e. The first kappa shape index (κ1) is 11.7. The molecule has 1 aromatic carbocycles. The summed E-state index contributed by atoms with van der Waals surface area (Å²) in [6.07, 6.45) is 2.91. The predicted octanol–water partition coefficient (Wildman–Crippen LogP) is 1.50. The largest absolute Gasteiger partial charge is 0.396 e. The summed E-state index contributed by atoms with van der Waals surface area (Å²) in [6.45, 7) is 2.29. The Morgan fingerprint density at radius 1 is 1.28 bits per heavy atom. The summed E-state index contributed by atoms with van der Waals surface area (Å²) in [5, 5.41) is 12.6. The average molecular weight is 245 g/mol. The van der Waals surface area contributed by atoms with Gasteiger partial charge >= 0.3 is 0 Å². The zero-order valence-electron chi connectivity index (χ0n) is 10.5. The Morgan fingerprint density at radius 3 is 2.83 bits per heavy atom. The zero-order chi connectivity index (χ0) is 12.4. The van der Waals surface area contributed by atoms with Crippen LogP contribution in [0.1, 0.15) is 24.7 Å². The van der Waals surface area contributed by atoms with E-state index in [4.69, 9.17) is 0 Å². The van der Waals surface area contributed by atoms with E-state index in [2.05, 4.69) is 27.0 Å². The second-order valence-corrected chi connectivity index (χ2v) is 4.84. The third kappa shape index (κ3) is 2.02. The molecular formula is C14H19N3O. The molecule has 96 valence electrons. The van der Waals surface area contributed by atoms with Crippen molar-refractivity contribution in [2.75, 3.05) is 19.7 Å². The maximum absolute atomic E-state index is 9.20. The van der Waals surface area contributed by atoms with E-state index in [1.165, 1.54) is 5.52 Å². The highest BCUT2D eigenvalue weighted by molar-refractivity contribution is 5.76. The number of nitrogens with zero attached hydrogens (tertiary/aromatic N) is 2. The molecule has 2 heterocycles. The number of rotatable bonds is 3. The van der Waals surface area contributed by atoms with E-state index < -0.39 is 0 Å². The Labute approximate surface area is 107 Å². The van der Waals surface area contributed by atoms with Crippen molar-refractivity contribution in [2.45, 2.75) is 25.3 Å². The van der Waals surface area contributed by atoms with Crippen molar-refractivity contribution < 1.29 is 5.11 Å². The molecule has 0 atom stereocenters. The standard InChI is InChI=1S/C14H19N3O/c18-10-7-14-16-12-3-1-2-4-13(12)17(14)11-5-8-15-9-6-11/h1-4,11,15,18H,5-10H2. The number of piperidine rings is 1. The number of fused-ring (bicyclic) bond motifs is 1. The maximum atomic E-state index is 9.20. The molecule has 1 saturated heterocycles. The highest BCUT2D eigenvalue weighted by Crippen LogP contribution is 2.26. The number of aromatic nitrogens is 2. The number of nitrogens with one attached hydrogen (secondary N) is 1. The highest BCUT2D eigenvalue weighted by atomic mass is 16.3. The molecule has 0 saturated carbocycles. The van der Waals surface area contributed by atoms with Crippen LogP contribution in [-0.4, -0.2) is 34.4 Å². The van der Waals surface area contributed by atoms with Gasteiger partial charge in [0.1, 0.15) is 5.82 Å². The van der Waals surface area contributed by atoms with Crippen molar-refractivity contribution in [3.63, 3.8) is 0 Å². The van der Waals surface area contributed by atoms with Crippen LogP contribution in [-0.2, 0) is 6.42 Å². The SMILES string of the molecule is OCCc1nc2ccccc2n1C1CCNCC1. The fourth-order valence-corrected chi connectivity index (χ4v) is 2.84. The number of aliphatic hydroxyl groups excluding tert-OH is 1. The van der Waals surface area contributed by atoms with Crippen LogP contribution in [0.25, 0.3) is 11.0 Å². The lowest BCUT2D eigenvalue weighted by Crippen LogP contribution is -2.30. The third-order valence-electron chi connectivity index (χ3n) is 3.68. The van der Waals surface area contributed by atoms with Gasteiger partial charge in [-0.2, -0.15) is 0 Å². The first-order valence-electron chi connectivity index (χ1n) is 6.67. The van der Waals surface area contributed by atoms with Crippen LogP contribution in [0.3, 0.4) is 0 Å². The summed E-state index contributed by atoms with van der Waals surface area (Å²) in [4.78, 5) is 4.66. The third-order valence-corrected chi connectivity index (χ3v) is 3.68. The molecule has 0 radical (unpaired) electrons. The van der Waals surface area contributed by atoms with Crippen molar-refractivity contribution >= 4 is 11.0 Å². The Balaban J connectivity index is 2.07. The van der Waals surface area contributed by atoms with Crippen molar-refractivity contribution in [1.82, 2.24) is 14.9 Å². The van der Waals surface area contributed by atoms with Crippen LogP contribution in [0, 0.1) is 0 Å². The van der Waals surface area contributed by atoms with Crippen LogP contribution < -0.4 is 5.32 Å². The second kappa shape index (κ2) is 5.08. The lowest BCUT2D eigenvalue weighted by molar-refractivity contribution is 0.289. The molecular weight excluding hydrogens is 226 g/mol. The molecule has 1 aromatic heterocycles. The number of benzene rings is 1. The molecule has 0 aliphatic carbocycles. The Morgan fingerprint density at radius 2 is 2.06 bits per heavy atom. The van der Waals surface area contributed by atoms with Gasteiger partial charge in [-0.1, -0.05) is 12.1 Å². The molecule has 4 heteroatoms. The van der Waals surface area contributed by atoms with E-state index in [0.29, 0.717) is 12.5 Å². The average Bonchev–Trinajstić information content (AvgIpc) is 2.78. The van der Waals surface area contributed by atoms with Crippen molar-refractivity contribution in [1.29, 1.82) is 0 Å². The normalized spacial score (nSPS) is 17.4. The van der Waals surface area contributed by atoms with Gasteiger partial charge in [0, 0.05) is 12.5 Å². The minimum atomic E-state index is 0.161. The van der Waals surface area contributed by atoms with E-state index in [1.54, 1.807) is 0 Å². The smallest absolute Gasteiger partial charge is 0.112 e. The lowest BCUT2D eigenvalue weighted by atomic mass is 10.1. The summed E-state index contributed by atoms with van der Waals surface area (Å²) in [5.41, 5.74) is 2.24. The van der Waals surface area contributed by atoms with Crippen LogP contribution >= 0.6 is 0 Å². The molecule has 1 fully saturated rings. The molecule has 1 aliphatic heterocycles. The first-order chi connectivity index (χ1) is 8.90. The van der Waals surface area contributed by atoms with E-state index >= 15 is 0 Å². The van der Waals surface area contributed by atoms with E-state index in [-0.39, 0.29) is 6.61 Å². The molecule has 18 heavy (non-hydrogen) atoms. The fraction of sp³-hybridized carbons (Fsp3) is 0.500. The van der Waals surface area contributed by atoms with Crippen LogP contribution in [0.4, 0.5) is 0 Å². The number of aliphatic hydroxyl groups is 1. The fourth-order valence-electron chi connectivity index (χ4n) is 2.84. The first-order valence-corrected chi connectivity index (χ1v) is 6.67. The van der Waals surface area contributed by atoms with Gasteiger partial charge in [0.2, 0.25) is 0 Å². The molecule has 4 nitrogen and oxygen atoms in total. The van der Waals surface area contributed by atoms with Gasteiger partial charge in [0.25, 0.3) is 0 Å². The van der Waals surface area contributed by atoms with Gasteiger partial charge in [0.05, 0.1) is 17.6 Å². The summed E-state index contributed by atoms with van der Waals surface area (Å²) in [6, 6.07) is 8.77. The van der Waals surface area contributed by atoms with Crippen LogP contribution in [0.5, 0.6) is 0 Å². The second-order valence-electron chi connectivity index (χ2n) is 4.84. The Bertz CT molecular complexity index is 529. The molecule has 0 spiro atoms. The Kier molecular flexibility index (Phi) is 3.30. The number of para-hydroxylation sites is 2. The molecule has 0 unspecified atom stereocenters. The number of imidazole rings is 1. The molecule has 1 aliphatic rings. The van der Waals surface area contributed by atoms with Crippen molar-refractivity contribution in [2.24, 2.45) is 0 Å².